The van der Waals surface area contributed by atoms with E-state index in [0.29, 0.717) is 17.9 Å². The minimum absolute atomic E-state index is 0.0173. The minimum Gasteiger partial charge on any atom is -0.391 e. The second-order valence-corrected chi connectivity index (χ2v) is 22.0. The summed E-state index contributed by atoms with van der Waals surface area (Å²) in [6.07, 6.45) is -1.05. The molecule has 0 radical (unpaired) electrons. The van der Waals surface area contributed by atoms with Crippen LogP contribution >= 0.6 is 0 Å². The second kappa shape index (κ2) is 39.7. The molecule has 0 saturated carbocycles. The molecule has 0 spiro atoms. The number of aliphatic hydroxyl groups excluding tert-OH is 2. The lowest BCUT2D eigenvalue weighted by molar-refractivity contribution is -0.137. The molecule has 13 atom stereocenters. The number of aliphatic hydroxyl groups is 2. The van der Waals surface area contributed by atoms with Crippen molar-refractivity contribution in [2.45, 2.75) is 198 Å². The van der Waals surface area contributed by atoms with E-state index in [9.17, 15) is 63.0 Å². The highest BCUT2D eigenvalue weighted by atomic mass is 16.3. The molecule has 1 aliphatic rings. The van der Waals surface area contributed by atoms with E-state index >= 15 is 0 Å². The summed E-state index contributed by atoms with van der Waals surface area (Å²) in [5.74, 6) is -9.45. The number of amides is 11. The van der Waals surface area contributed by atoms with Gasteiger partial charge in [0.1, 0.15) is 60.4 Å². The molecule has 2 rings (SSSR count). The Hall–Kier alpha value is -6.89. The van der Waals surface area contributed by atoms with Crippen molar-refractivity contribution in [1.29, 1.82) is 0 Å². The first-order chi connectivity index (χ1) is 40.3. The van der Waals surface area contributed by atoms with Gasteiger partial charge in [0.05, 0.1) is 12.2 Å². The highest BCUT2D eigenvalue weighted by molar-refractivity contribution is 5.99. The van der Waals surface area contributed by atoms with Gasteiger partial charge in [-0.3, -0.25) is 52.7 Å². The van der Waals surface area contributed by atoms with Gasteiger partial charge >= 0.3 is 0 Å². The monoisotopic (exact) mass is 1200 g/mol. The van der Waals surface area contributed by atoms with Crippen LogP contribution in [0, 0.1) is 11.8 Å². The van der Waals surface area contributed by atoms with Crippen molar-refractivity contribution < 1.29 is 63.0 Å². The molecule has 0 bridgehead atoms. The van der Waals surface area contributed by atoms with Crippen molar-refractivity contribution in [1.82, 2.24) is 58.5 Å². The summed E-state index contributed by atoms with van der Waals surface area (Å²) in [4.78, 5) is 154. The predicted molar refractivity (Wildman–Crippen MR) is 316 cm³/mol. The summed E-state index contributed by atoms with van der Waals surface area (Å²) in [6, 6.07) is -6.23. The SMILES string of the molecule is CCC(C)CCCCC(=O)N[C@@H](CCN)C(=O)N[C@H](C(=O)N[C@@H](CCN)C(=O)NC1CCNC(=O)[C@H]([C@@H](C)O)NC(=O)[C@H](CCN)NC(=O)C(CCN)NC(=O)C(CC(C)C)NC(=O)C(Cc2ccccc2)NC(=O)[C@@H](CCN)NC1=O)[C@@H](C)O. The lowest BCUT2D eigenvalue weighted by Gasteiger charge is -2.29. The van der Waals surface area contributed by atoms with Crippen LogP contribution in [0.15, 0.2) is 30.3 Å². The van der Waals surface area contributed by atoms with Gasteiger partial charge in [-0.2, -0.15) is 0 Å². The molecular formula is C56H98N16O13. The quantitative estimate of drug-likeness (QED) is 0.0333. The normalized spacial score (nSPS) is 22.9. The zero-order valence-electron chi connectivity index (χ0n) is 50.2. The molecule has 23 N–H and O–H groups in total. The van der Waals surface area contributed by atoms with Crippen LogP contribution in [-0.2, 0) is 59.2 Å². The van der Waals surface area contributed by atoms with Crippen molar-refractivity contribution in [2.24, 2.45) is 40.5 Å². The van der Waals surface area contributed by atoms with Crippen LogP contribution in [0.25, 0.3) is 0 Å². The molecule has 0 aliphatic carbocycles. The zero-order valence-corrected chi connectivity index (χ0v) is 50.2. The summed E-state index contributed by atoms with van der Waals surface area (Å²) < 4.78 is 0. The van der Waals surface area contributed by atoms with Crippen molar-refractivity contribution in [3.05, 3.63) is 35.9 Å². The lowest BCUT2D eigenvalue weighted by Crippen LogP contribution is -2.62. The van der Waals surface area contributed by atoms with Crippen LogP contribution < -0.4 is 87.2 Å². The Labute approximate surface area is 498 Å². The van der Waals surface area contributed by atoms with Crippen LogP contribution in [0.5, 0.6) is 0 Å². The topological polar surface area (TPSA) is 491 Å². The average molecular weight is 1200 g/mol. The van der Waals surface area contributed by atoms with Gasteiger partial charge in [0.15, 0.2) is 0 Å². The van der Waals surface area contributed by atoms with E-state index < -0.39 is 151 Å². The number of benzene rings is 1. The number of carbonyl (C=O) groups excluding carboxylic acids is 11. The molecule has 85 heavy (non-hydrogen) atoms. The third kappa shape index (κ3) is 26.9. The van der Waals surface area contributed by atoms with E-state index in [1.54, 1.807) is 44.2 Å². The summed E-state index contributed by atoms with van der Waals surface area (Å²) in [6.45, 7) is 9.00. The third-order valence-electron chi connectivity index (χ3n) is 14.3. The van der Waals surface area contributed by atoms with Crippen molar-refractivity contribution in [3.8, 4) is 0 Å². The molecule has 29 nitrogen and oxygen atoms in total. The first-order valence-corrected chi connectivity index (χ1v) is 29.5. The van der Waals surface area contributed by atoms with Gasteiger partial charge in [-0.05, 0) is 115 Å². The Bertz CT molecular complexity index is 2320. The largest absolute Gasteiger partial charge is 0.391 e. The minimum atomic E-state index is -1.70. The van der Waals surface area contributed by atoms with E-state index in [-0.39, 0.29) is 90.0 Å². The fourth-order valence-corrected chi connectivity index (χ4v) is 9.12. The smallest absolute Gasteiger partial charge is 0.245 e. The van der Waals surface area contributed by atoms with Crippen LogP contribution in [0.2, 0.25) is 0 Å². The van der Waals surface area contributed by atoms with E-state index in [1.165, 1.54) is 13.8 Å². The molecule has 1 aromatic rings. The standard InChI is InChI=1S/C56H98N16O13/c1-7-32(4)13-11-12-16-44(75)63-36(17-23-57)51(80)72-46(34(6)74)56(85)68-39(20-26-60)48(77)67-41-22-28-62-55(84)45(33(5)73)71-52(81)40(21-27-61)65-47(76)37(18-24-58)66-53(82)42(29-31(2)3)69-54(83)43(30-35-14-9-8-10-15-35)70-49(78)38(19-25-59)64-50(41)79/h8-10,14-15,31-34,36-43,45-46,73-74H,7,11-13,16-30,57-61H2,1-6H3,(H,62,84)(H,63,75)(H,64,79)(H,65,76)(H,66,82)(H,67,77)(H,68,85)(H,69,83)(H,70,78)(H,71,81)(H,72,80)/t32?,33-,34-,36+,37?,38-,39+,40+,41?,42?,43?,45+,46+/m1/s1. The Morgan fingerprint density at radius 1 is 0.565 bits per heavy atom. The van der Waals surface area contributed by atoms with Gasteiger partial charge < -0.3 is 97.4 Å². The average Bonchev–Trinajstić information content (AvgIpc) is 3.67. The molecular weight excluding hydrogens is 1100 g/mol. The molecule has 1 aromatic carbocycles. The zero-order chi connectivity index (χ0) is 63.8. The third-order valence-corrected chi connectivity index (χ3v) is 14.3. The van der Waals surface area contributed by atoms with Gasteiger partial charge in [-0.15, -0.1) is 0 Å². The van der Waals surface area contributed by atoms with Crippen LogP contribution in [0.4, 0.5) is 0 Å². The maximum Gasteiger partial charge on any atom is 0.245 e. The summed E-state index contributed by atoms with van der Waals surface area (Å²) in [7, 11) is 0. The first kappa shape index (κ1) is 74.2. The Kier molecular flexibility index (Phi) is 34.6. The van der Waals surface area contributed by atoms with Gasteiger partial charge in [-0.1, -0.05) is 77.3 Å². The maximum absolute atomic E-state index is 14.5. The molecule has 1 aliphatic heterocycles. The first-order valence-electron chi connectivity index (χ1n) is 29.5. The lowest BCUT2D eigenvalue weighted by atomic mass is 10.00. The molecule has 1 saturated heterocycles. The maximum atomic E-state index is 14.5. The van der Waals surface area contributed by atoms with Crippen LogP contribution in [-0.4, -0.2) is 187 Å². The van der Waals surface area contributed by atoms with Crippen molar-refractivity contribution in [3.63, 3.8) is 0 Å². The van der Waals surface area contributed by atoms with E-state index in [2.05, 4.69) is 72.3 Å². The van der Waals surface area contributed by atoms with Gasteiger partial charge in [0.25, 0.3) is 0 Å². The molecule has 1 fully saturated rings. The van der Waals surface area contributed by atoms with Crippen molar-refractivity contribution in [2.75, 3.05) is 39.3 Å². The number of nitrogens with one attached hydrogen (secondary N) is 11. The Morgan fingerprint density at radius 3 is 1.56 bits per heavy atom. The number of nitrogens with two attached hydrogens (primary N) is 5. The van der Waals surface area contributed by atoms with Gasteiger partial charge in [-0.25, -0.2) is 0 Å². The van der Waals surface area contributed by atoms with Gasteiger partial charge in [0.2, 0.25) is 65.0 Å². The fourth-order valence-electron chi connectivity index (χ4n) is 9.12. The van der Waals surface area contributed by atoms with Crippen molar-refractivity contribution >= 4 is 65.0 Å². The molecule has 480 valence electrons. The predicted octanol–water partition coefficient (Wildman–Crippen LogP) is -5.24. The highest BCUT2D eigenvalue weighted by Crippen LogP contribution is 2.14. The van der Waals surface area contributed by atoms with Gasteiger partial charge in [0, 0.05) is 19.4 Å². The van der Waals surface area contributed by atoms with Crippen LogP contribution in [0.1, 0.15) is 124 Å². The Morgan fingerprint density at radius 2 is 1.06 bits per heavy atom. The molecule has 11 amide bonds. The summed E-state index contributed by atoms with van der Waals surface area (Å²) in [5, 5.41) is 49.7. The second-order valence-electron chi connectivity index (χ2n) is 22.0. The fraction of sp³-hybridized carbons (Fsp3) is 0.696. The van der Waals surface area contributed by atoms with E-state index in [4.69, 9.17) is 28.7 Å². The number of carbonyl (C=O) groups is 11. The van der Waals surface area contributed by atoms with E-state index in [0.717, 1.165) is 19.3 Å². The summed E-state index contributed by atoms with van der Waals surface area (Å²) >= 11 is 0. The molecule has 5 unspecified atom stereocenters. The number of hydrogen-bond donors (Lipinski definition) is 18. The molecule has 29 heteroatoms. The molecule has 0 aromatic heterocycles. The van der Waals surface area contributed by atoms with E-state index in [1.807, 2.05) is 0 Å². The number of rotatable bonds is 29. The number of hydrogen-bond acceptors (Lipinski definition) is 18. The highest BCUT2D eigenvalue weighted by Gasteiger charge is 2.37. The number of unbranched alkanes of at least 4 members (excludes halogenated alkanes) is 1. The van der Waals surface area contributed by atoms with Crippen LogP contribution in [0.3, 0.4) is 0 Å². The summed E-state index contributed by atoms with van der Waals surface area (Å²) in [5.41, 5.74) is 29.9. The molecule has 1 heterocycles. The Balaban J connectivity index is 2.67.